The van der Waals surface area contributed by atoms with Gasteiger partial charge in [-0.25, -0.2) is 4.98 Å². The Bertz CT molecular complexity index is 1010. The topological polar surface area (TPSA) is 122 Å². The van der Waals surface area contributed by atoms with Gasteiger partial charge in [0.15, 0.2) is 16.7 Å². The zero-order valence-corrected chi connectivity index (χ0v) is 19.3. The molecule has 1 fully saturated rings. The Morgan fingerprint density at radius 3 is 2.28 bits per heavy atom. The molecule has 0 bridgehead atoms. The van der Waals surface area contributed by atoms with Crippen LogP contribution in [-0.4, -0.2) is 71.1 Å². The highest BCUT2D eigenvalue weighted by Gasteiger charge is 2.44. The fraction of sp³-hybridized carbons (Fsp3) is 0.524. The molecule has 2 atom stereocenters. The van der Waals surface area contributed by atoms with E-state index in [1.807, 2.05) is 12.1 Å². The number of hydrogen-bond donors (Lipinski definition) is 1. The summed E-state index contributed by atoms with van der Waals surface area (Å²) in [7, 11) is 4.67. The lowest BCUT2D eigenvalue weighted by Crippen LogP contribution is -2.45. The smallest absolute Gasteiger partial charge is 0.264 e. The van der Waals surface area contributed by atoms with E-state index in [2.05, 4.69) is 15.0 Å². The quantitative estimate of drug-likeness (QED) is 0.656. The summed E-state index contributed by atoms with van der Waals surface area (Å²) in [6.45, 7) is 3.03. The van der Waals surface area contributed by atoms with E-state index >= 15 is 0 Å². The van der Waals surface area contributed by atoms with Gasteiger partial charge >= 0.3 is 0 Å². The molecule has 2 aliphatic heterocycles. The molecule has 1 aromatic heterocycles. The second-order valence-electron chi connectivity index (χ2n) is 7.85. The molecule has 1 amide bonds. The van der Waals surface area contributed by atoms with Crippen LogP contribution < -0.4 is 19.9 Å². The summed E-state index contributed by atoms with van der Waals surface area (Å²) in [4.78, 5) is 31.6. The lowest BCUT2D eigenvalue weighted by molar-refractivity contribution is -0.123. The van der Waals surface area contributed by atoms with E-state index in [-0.39, 0.29) is 23.8 Å². The Hall–Kier alpha value is -2.79. The van der Waals surface area contributed by atoms with Gasteiger partial charge in [-0.1, -0.05) is 11.8 Å². The Morgan fingerprint density at radius 2 is 1.78 bits per heavy atom. The van der Waals surface area contributed by atoms with Crippen LogP contribution in [0.15, 0.2) is 17.3 Å². The van der Waals surface area contributed by atoms with Crippen LogP contribution in [0.4, 0.5) is 0 Å². The van der Waals surface area contributed by atoms with Crippen LogP contribution in [0.1, 0.15) is 35.1 Å². The highest BCUT2D eigenvalue weighted by molar-refractivity contribution is 8.00. The lowest BCUT2D eigenvalue weighted by Gasteiger charge is -2.39. The summed E-state index contributed by atoms with van der Waals surface area (Å²) >= 11 is 1.40. The Balaban J connectivity index is 1.74. The molecule has 0 saturated carbocycles. The van der Waals surface area contributed by atoms with Crippen molar-refractivity contribution >= 4 is 23.6 Å². The van der Waals surface area contributed by atoms with E-state index in [0.717, 1.165) is 5.56 Å². The normalized spacial score (nSPS) is 20.1. The summed E-state index contributed by atoms with van der Waals surface area (Å²) < 4.78 is 17.9. The fourth-order valence-corrected chi connectivity index (χ4v) is 5.71. The monoisotopic (exact) mass is 461 g/mol. The van der Waals surface area contributed by atoms with Crippen molar-refractivity contribution in [2.45, 2.75) is 36.2 Å². The molecule has 0 radical (unpaired) electrons. The number of likely N-dealkylation sites (tertiary alicyclic amines) is 1. The van der Waals surface area contributed by atoms with Gasteiger partial charge in [-0.3, -0.25) is 14.5 Å². The third-order valence-corrected chi connectivity index (χ3v) is 7.20. The van der Waals surface area contributed by atoms with Crippen molar-refractivity contribution < 1.29 is 23.8 Å². The maximum atomic E-state index is 13.3. The Labute approximate surface area is 190 Å². The number of ether oxygens (including phenoxy) is 3. The zero-order valence-electron chi connectivity index (χ0n) is 18.5. The standard InChI is InChI=1S/C21H27N5O5S/c1-11-23-21-26(24-11)20(28)18(32-21)16(25-7-5-12(6-8-25)19(22)27)13-9-14(29-2)17(31-4)15(10-13)30-3/h9-10,12,16,18H,5-8H2,1-4H3,(H2,22,27). The molecule has 2 aromatic rings. The van der Waals surface area contributed by atoms with Gasteiger partial charge in [0, 0.05) is 5.92 Å². The second-order valence-corrected chi connectivity index (χ2v) is 8.95. The molecular weight excluding hydrogens is 434 g/mol. The van der Waals surface area contributed by atoms with Gasteiger partial charge in [-0.2, -0.15) is 4.68 Å². The van der Waals surface area contributed by atoms with E-state index in [0.29, 0.717) is 54.2 Å². The third kappa shape index (κ3) is 3.90. The first-order valence-electron chi connectivity index (χ1n) is 10.4. The number of aryl methyl sites for hydroxylation is 1. The molecule has 10 nitrogen and oxygen atoms in total. The summed E-state index contributed by atoms with van der Waals surface area (Å²) in [5, 5.41) is 4.39. The number of amides is 1. The first kappa shape index (κ1) is 22.4. The van der Waals surface area contributed by atoms with Crippen LogP contribution >= 0.6 is 11.8 Å². The predicted octanol–water partition coefficient (Wildman–Crippen LogP) is 1.67. The van der Waals surface area contributed by atoms with Crippen molar-refractivity contribution in [1.82, 2.24) is 19.7 Å². The highest BCUT2D eigenvalue weighted by Crippen LogP contribution is 2.46. The molecule has 1 saturated heterocycles. The van der Waals surface area contributed by atoms with Gasteiger partial charge in [-0.05, 0) is 50.6 Å². The zero-order chi connectivity index (χ0) is 23.0. The van der Waals surface area contributed by atoms with Gasteiger partial charge in [0.1, 0.15) is 11.1 Å². The average Bonchev–Trinajstić information content (AvgIpc) is 3.30. The molecule has 11 heteroatoms. The Morgan fingerprint density at radius 1 is 1.16 bits per heavy atom. The number of carbonyl (C=O) groups is 2. The van der Waals surface area contributed by atoms with Crippen LogP contribution in [0.2, 0.25) is 0 Å². The summed E-state index contributed by atoms with van der Waals surface area (Å²) in [5.74, 6) is 1.52. The van der Waals surface area contributed by atoms with Crippen LogP contribution in [0, 0.1) is 12.8 Å². The van der Waals surface area contributed by atoms with E-state index in [1.165, 1.54) is 16.4 Å². The molecule has 0 spiro atoms. The van der Waals surface area contributed by atoms with E-state index < -0.39 is 5.25 Å². The molecule has 2 unspecified atom stereocenters. The number of primary amides is 1. The molecule has 3 heterocycles. The van der Waals surface area contributed by atoms with E-state index in [4.69, 9.17) is 19.9 Å². The van der Waals surface area contributed by atoms with Crippen molar-refractivity contribution in [3.05, 3.63) is 23.5 Å². The lowest BCUT2D eigenvalue weighted by atomic mass is 9.92. The minimum Gasteiger partial charge on any atom is -0.493 e. The van der Waals surface area contributed by atoms with Crippen molar-refractivity contribution in [1.29, 1.82) is 0 Å². The fourth-order valence-electron chi connectivity index (χ4n) is 4.41. The van der Waals surface area contributed by atoms with Crippen molar-refractivity contribution in [3.63, 3.8) is 0 Å². The molecule has 4 rings (SSSR count). The highest BCUT2D eigenvalue weighted by atomic mass is 32.2. The van der Waals surface area contributed by atoms with Crippen LogP contribution in [0.5, 0.6) is 17.2 Å². The minimum absolute atomic E-state index is 0.124. The van der Waals surface area contributed by atoms with Gasteiger partial charge < -0.3 is 19.9 Å². The van der Waals surface area contributed by atoms with Gasteiger partial charge in [0.2, 0.25) is 11.7 Å². The molecule has 2 aliphatic rings. The second kappa shape index (κ2) is 8.99. The number of nitrogens with zero attached hydrogens (tertiary/aromatic N) is 4. The van der Waals surface area contributed by atoms with Gasteiger partial charge in [-0.15, -0.1) is 5.10 Å². The van der Waals surface area contributed by atoms with Crippen molar-refractivity contribution in [2.75, 3.05) is 34.4 Å². The first-order chi connectivity index (χ1) is 15.4. The number of piperidine rings is 1. The van der Waals surface area contributed by atoms with E-state index in [1.54, 1.807) is 28.3 Å². The number of carbonyl (C=O) groups excluding carboxylic acids is 2. The maximum Gasteiger partial charge on any atom is 0.264 e. The third-order valence-electron chi connectivity index (χ3n) is 6.01. The van der Waals surface area contributed by atoms with Crippen LogP contribution in [0.3, 0.4) is 0 Å². The molecule has 0 aliphatic carbocycles. The molecule has 172 valence electrons. The van der Waals surface area contributed by atoms with Gasteiger partial charge in [0.25, 0.3) is 5.91 Å². The summed E-state index contributed by atoms with van der Waals surface area (Å²) in [5.41, 5.74) is 6.38. The van der Waals surface area contributed by atoms with Gasteiger partial charge in [0.05, 0.1) is 27.4 Å². The number of hydrogen-bond acceptors (Lipinski definition) is 9. The van der Waals surface area contributed by atoms with Crippen molar-refractivity contribution in [2.24, 2.45) is 11.7 Å². The predicted molar refractivity (Wildman–Crippen MR) is 117 cm³/mol. The van der Waals surface area contributed by atoms with Crippen LogP contribution in [0.25, 0.3) is 0 Å². The number of nitrogens with two attached hydrogens (primary N) is 1. The molecule has 32 heavy (non-hydrogen) atoms. The number of benzene rings is 1. The summed E-state index contributed by atoms with van der Waals surface area (Å²) in [6.07, 6.45) is 1.29. The maximum absolute atomic E-state index is 13.3. The number of fused-ring (bicyclic) bond motifs is 1. The van der Waals surface area contributed by atoms with Crippen molar-refractivity contribution in [3.8, 4) is 17.2 Å². The SMILES string of the molecule is COc1cc(C(C2Sc3nc(C)nn3C2=O)N2CCC(C(N)=O)CC2)cc(OC)c1OC. The molecular formula is C21H27N5O5S. The largest absolute Gasteiger partial charge is 0.493 e. The average molecular weight is 462 g/mol. The number of rotatable bonds is 7. The summed E-state index contributed by atoms with van der Waals surface area (Å²) in [6, 6.07) is 3.44. The number of methoxy groups -OCH3 is 3. The number of aromatic nitrogens is 3. The number of thioether (sulfide) groups is 1. The molecule has 1 aromatic carbocycles. The Kier molecular flexibility index (Phi) is 6.29. The minimum atomic E-state index is -0.460. The first-order valence-corrected chi connectivity index (χ1v) is 11.2. The molecule has 2 N–H and O–H groups in total. The van der Waals surface area contributed by atoms with Crippen LogP contribution in [-0.2, 0) is 4.79 Å². The van der Waals surface area contributed by atoms with E-state index in [9.17, 15) is 9.59 Å².